The van der Waals surface area contributed by atoms with Gasteiger partial charge in [0.15, 0.2) is 5.75 Å². The first-order valence-corrected chi connectivity index (χ1v) is 7.45. The molecule has 0 aliphatic heterocycles. The molecule has 0 aliphatic rings. The summed E-state index contributed by atoms with van der Waals surface area (Å²) >= 11 is 6.25. The molecule has 0 aliphatic carbocycles. The molecule has 3 aromatic rings. The number of pyridine rings is 1. The largest absolute Gasteiger partial charge is 0.496 e. The van der Waals surface area contributed by atoms with Gasteiger partial charge < -0.3 is 9.47 Å². The van der Waals surface area contributed by atoms with Gasteiger partial charge >= 0.3 is 5.69 Å². The number of nitro groups is 1. The van der Waals surface area contributed by atoms with Crippen molar-refractivity contribution in [2.24, 2.45) is 0 Å². The van der Waals surface area contributed by atoms with Crippen LogP contribution in [0.25, 0.3) is 10.9 Å². The molecule has 0 spiro atoms. The van der Waals surface area contributed by atoms with Crippen LogP contribution >= 0.6 is 11.6 Å². The average Bonchev–Trinajstić information content (AvgIpc) is 2.60. The van der Waals surface area contributed by atoms with E-state index in [1.54, 1.807) is 18.3 Å². The fourth-order valence-electron chi connectivity index (χ4n) is 2.36. The monoisotopic (exact) mass is 344 g/mol. The Morgan fingerprint density at radius 1 is 1.25 bits per heavy atom. The third-order valence-corrected chi connectivity index (χ3v) is 3.91. The molecule has 1 aromatic heterocycles. The normalized spacial score (nSPS) is 10.6. The van der Waals surface area contributed by atoms with Gasteiger partial charge in [0, 0.05) is 22.2 Å². The highest BCUT2D eigenvalue weighted by atomic mass is 35.5. The number of nitrogens with zero attached hydrogens (tertiary/aromatic N) is 2. The van der Waals surface area contributed by atoms with E-state index in [-0.39, 0.29) is 18.0 Å². The van der Waals surface area contributed by atoms with Crippen LogP contribution in [0, 0.1) is 10.1 Å². The van der Waals surface area contributed by atoms with Gasteiger partial charge in [-0.2, -0.15) is 0 Å². The molecule has 0 saturated carbocycles. The van der Waals surface area contributed by atoms with Crippen LogP contribution in [0.3, 0.4) is 0 Å². The molecule has 3 rings (SSSR count). The number of halogens is 1. The molecule has 2 aromatic carbocycles. The van der Waals surface area contributed by atoms with Crippen LogP contribution in [0.5, 0.6) is 11.5 Å². The van der Waals surface area contributed by atoms with Crippen LogP contribution in [0.1, 0.15) is 5.56 Å². The Bertz CT molecular complexity index is 914. The van der Waals surface area contributed by atoms with E-state index in [1.807, 2.05) is 18.2 Å². The maximum absolute atomic E-state index is 11.2. The Morgan fingerprint density at radius 3 is 2.83 bits per heavy atom. The number of hydrogen-bond donors (Lipinski definition) is 0. The van der Waals surface area contributed by atoms with E-state index >= 15 is 0 Å². The molecule has 0 N–H and O–H groups in total. The summed E-state index contributed by atoms with van der Waals surface area (Å²) in [5.41, 5.74) is 1.22. The number of methoxy groups -OCH3 is 1. The van der Waals surface area contributed by atoms with E-state index in [1.165, 1.54) is 19.2 Å². The van der Waals surface area contributed by atoms with E-state index in [2.05, 4.69) is 4.98 Å². The van der Waals surface area contributed by atoms with Crippen LogP contribution in [0.15, 0.2) is 48.7 Å². The van der Waals surface area contributed by atoms with Gasteiger partial charge in [-0.25, -0.2) is 0 Å². The Hall–Kier alpha value is -2.86. The first kappa shape index (κ1) is 16.0. The molecular formula is C17H13ClN2O4. The van der Waals surface area contributed by atoms with Gasteiger partial charge in [-0.1, -0.05) is 23.7 Å². The number of rotatable bonds is 5. The zero-order valence-electron chi connectivity index (χ0n) is 12.7. The fraction of sp³-hybridized carbons (Fsp3) is 0.118. The zero-order chi connectivity index (χ0) is 17.1. The molecular weight excluding hydrogens is 332 g/mol. The molecule has 0 amide bonds. The van der Waals surface area contributed by atoms with Crippen molar-refractivity contribution >= 4 is 28.2 Å². The first-order valence-electron chi connectivity index (χ1n) is 7.07. The summed E-state index contributed by atoms with van der Waals surface area (Å²) in [5.74, 6) is 0.531. The number of fused-ring (bicyclic) bond motifs is 1. The SMILES string of the molecule is COc1ccc(OCc2c(Cl)ccc3cccnc23)c([N+](=O)[O-])c1. The smallest absolute Gasteiger partial charge is 0.314 e. The minimum atomic E-state index is -0.513. The van der Waals surface area contributed by atoms with E-state index in [4.69, 9.17) is 21.1 Å². The first-order chi connectivity index (χ1) is 11.6. The van der Waals surface area contributed by atoms with Crippen molar-refractivity contribution in [3.8, 4) is 11.5 Å². The number of nitro benzene ring substituents is 1. The molecule has 1 heterocycles. The van der Waals surface area contributed by atoms with Gasteiger partial charge in [0.25, 0.3) is 0 Å². The highest BCUT2D eigenvalue weighted by Gasteiger charge is 2.18. The van der Waals surface area contributed by atoms with Crippen LogP contribution in [0.4, 0.5) is 5.69 Å². The van der Waals surface area contributed by atoms with Crippen molar-refractivity contribution in [3.63, 3.8) is 0 Å². The molecule has 0 saturated heterocycles. The minimum absolute atomic E-state index is 0.0698. The quantitative estimate of drug-likeness (QED) is 0.507. The molecule has 0 unspecified atom stereocenters. The second-order valence-electron chi connectivity index (χ2n) is 4.98. The molecule has 7 heteroatoms. The third-order valence-electron chi connectivity index (χ3n) is 3.56. The lowest BCUT2D eigenvalue weighted by Crippen LogP contribution is -2.01. The Morgan fingerprint density at radius 2 is 2.08 bits per heavy atom. The summed E-state index contributed by atoms with van der Waals surface area (Å²) in [5, 5.41) is 12.6. The average molecular weight is 345 g/mol. The molecule has 6 nitrogen and oxygen atoms in total. The predicted molar refractivity (Wildman–Crippen MR) is 90.7 cm³/mol. The standard InChI is InChI=1S/C17H13ClN2O4/c1-23-12-5-7-16(15(9-12)20(21)22)24-10-13-14(18)6-4-11-3-2-8-19-17(11)13/h2-9H,10H2,1H3. The summed E-state index contributed by atoms with van der Waals surface area (Å²) < 4.78 is 10.7. The summed E-state index contributed by atoms with van der Waals surface area (Å²) in [6, 6.07) is 11.8. The van der Waals surface area contributed by atoms with E-state index in [9.17, 15) is 10.1 Å². The Labute approximate surface area is 142 Å². The van der Waals surface area contributed by atoms with Gasteiger partial charge in [0.05, 0.1) is 23.6 Å². The molecule has 122 valence electrons. The number of aromatic nitrogens is 1. The van der Waals surface area contributed by atoms with E-state index in [0.717, 1.165) is 5.39 Å². The van der Waals surface area contributed by atoms with Crippen LogP contribution < -0.4 is 9.47 Å². The van der Waals surface area contributed by atoms with E-state index < -0.39 is 4.92 Å². The highest BCUT2D eigenvalue weighted by Crippen LogP contribution is 2.33. The van der Waals surface area contributed by atoms with Crippen LogP contribution in [0.2, 0.25) is 5.02 Å². The van der Waals surface area contributed by atoms with Gasteiger partial charge in [0.1, 0.15) is 12.4 Å². The summed E-state index contributed by atoms with van der Waals surface area (Å²) in [4.78, 5) is 15.0. The van der Waals surface area contributed by atoms with Gasteiger partial charge in [-0.05, 0) is 24.3 Å². The van der Waals surface area contributed by atoms with Crippen LogP contribution in [-0.2, 0) is 6.61 Å². The number of benzene rings is 2. The van der Waals surface area contributed by atoms with Gasteiger partial charge in [-0.3, -0.25) is 15.1 Å². The molecule has 24 heavy (non-hydrogen) atoms. The van der Waals surface area contributed by atoms with Crippen LogP contribution in [-0.4, -0.2) is 17.0 Å². The summed E-state index contributed by atoms with van der Waals surface area (Å²) in [7, 11) is 1.45. The Kier molecular flexibility index (Phi) is 4.48. The van der Waals surface area contributed by atoms with E-state index in [0.29, 0.717) is 21.9 Å². The maximum Gasteiger partial charge on any atom is 0.314 e. The lowest BCUT2D eigenvalue weighted by molar-refractivity contribution is -0.386. The topological polar surface area (TPSA) is 74.5 Å². The minimum Gasteiger partial charge on any atom is -0.496 e. The summed E-state index contributed by atoms with van der Waals surface area (Å²) in [6.45, 7) is 0.0698. The van der Waals surface area contributed by atoms with Gasteiger partial charge in [0.2, 0.25) is 0 Å². The Balaban J connectivity index is 1.94. The highest BCUT2D eigenvalue weighted by molar-refractivity contribution is 6.32. The second kappa shape index (κ2) is 6.72. The molecule has 0 fully saturated rings. The molecule has 0 atom stereocenters. The molecule has 0 bridgehead atoms. The van der Waals surface area contributed by atoms with Crippen molar-refractivity contribution in [1.82, 2.24) is 4.98 Å². The third kappa shape index (κ3) is 3.09. The lowest BCUT2D eigenvalue weighted by Gasteiger charge is -2.11. The maximum atomic E-state index is 11.2. The fourth-order valence-corrected chi connectivity index (χ4v) is 2.56. The van der Waals surface area contributed by atoms with Crippen molar-refractivity contribution in [2.75, 3.05) is 7.11 Å². The second-order valence-corrected chi connectivity index (χ2v) is 5.39. The number of ether oxygens (including phenoxy) is 2. The predicted octanol–water partition coefficient (Wildman–Crippen LogP) is 4.38. The van der Waals surface area contributed by atoms with Crippen molar-refractivity contribution in [1.29, 1.82) is 0 Å². The zero-order valence-corrected chi connectivity index (χ0v) is 13.5. The lowest BCUT2D eigenvalue weighted by atomic mass is 10.1. The van der Waals surface area contributed by atoms with Gasteiger partial charge in [-0.15, -0.1) is 0 Å². The number of hydrogen-bond acceptors (Lipinski definition) is 5. The van der Waals surface area contributed by atoms with Crippen molar-refractivity contribution < 1.29 is 14.4 Å². The van der Waals surface area contributed by atoms with Crippen molar-refractivity contribution in [2.45, 2.75) is 6.61 Å². The molecule has 0 radical (unpaired) electrons. The van der Waals surface area contributed by atoms with Crippen molar-refractivity contribution in [3.05, 3.63) is 69.4 Å². The summed E-state index contributed by atoms with van der Waals surface area (Å²) in [6.07, 6.45) is 1.66.